The standard InChI is InChI=1S/C10H7IN2O2S/c11-10-12-9(13-16-10)8-5-14-6-3-1-2-4-7(6)15-8/h1-4,8H,5H2. The van der Waals surface area contributed by atoms with E-state index in [-0.39, 0.29) is 6.10 Å². The van der Waals surface area contributed by atoms with Gasteiger partial charge in [0, 0.05) is 0 Å². The van der Waals surface area contributed by atoms with Gasteiger partial charge in [0.2, 0.25) is 0 Å². The fraction of sp³-hybridized carbons (Fsp3) is 0.200. The van der Waals surface area contributed by atoms with E-state index in [4.69, 9.17) is 9.47 Å². The van der Waals surface area contributed by atoms with Crippen molar-refractivity contribution < 1.29 is 9.47 Å². The van der Waals surface area contributed by atoms with Gasteiger partial charge >= 0.3 is 0 Å². The molecule has 1 aromatic carbocycles. The number of nitrogens with zero attached hydrogens (tertiary/aromatic N) is 2. The molecule has 1 unspecified atom stereocenters. The molecule has 16 heavy (non-hydrogen) atoms. The van der Waals surface area contributed by atoms with Crippen LogP contribution in [0.1, 0.15) is 11.9 Å². The minimum atomic E-state index is -0.199. The quantitative estimate of drug-likeness (QED) is 0.745. The maximum atomic E-state index is 5.78. The molecule has 2 heterocycles. The molecule has 0 aliphatic carbocycles. The second kappa shape index (κ2) is 4.17. The monoisotopic (exact) mass is 346 g/mol. The average Bonchev–Trinajstić information content (AvgIpc) is 2.75. The SMILES string of the molecule is Ic1nc(C2COc3ccccc3O2)ns1. The molecule has 1 aliphatic heterocycles. The van der Waals surface area contributed by atoms with E-state index in [1.807, 2.05) is 24.3 Å². The molecule has 82 valence electrons. The zero-order valence-corrected chi connectivity index (χ0v) is 11.1. The van der Waals surface area contributed by atoms with E-state index in [1.165, 1.54) is 11.5 Å². The second-order valence-corrected chi connectivity index (χ2v) is 5.78. The first kappa shape index (κ1) is 10.3. The molecular weight excluding hydrogens is 339 g/mol. The molecule has 0 fully saturated rings. The molecule has 0 saturated carbocycles. The Kier molecular flexibility index (Phi) is 2.68. The van der Waals surface area contributed by atoms with Gasteiger partial charge in [-0.3, -0.25) is 0 Å². The summed E-state index contributed by atoms with van der Waals surface area (Å²) in [5.74, 6) is 2.23. The summed E-state index contributed by atoms with van der Waals surface area (Å²) in [6.45, 7) is 0.462. The predicted molar refractivity (Wildman–Crippen MR) is 67.9 cm³/mol. The normalized spacial score (nSPS) is 18.4. The molecule has 0 spiro atoms. The third-order valence-electron chi connectivity index (χ3n) is 2.21. The number of para-hydroxylation sites is 2. The topological polar surface area (TPSA) is 44.2 Å². The maximum absolute atomic E-state index is 5.78. The summed E-state index contributed by atoms with van der Waals surface area (Å²) in [7, 11) is 0. The van der Waals surface area contributed by atoms with Crippen molar-refractivity contribution in [2.24, 2.45) is 0 Å². The Morgan fingerprint density at radius 3 is 2.88 bits per heavy atom. The molecule has 0 amide bonds. The molecule has 0 saturated heterocycles. The number of rotatable bonds is 1. The summed E-state index contributed by atoms with van der Waals surface area (Å²) < 4.78 is 16.5. The van der Waals surface area contributed by atoms with Crippen LogP contribution >= 0.6 is 34.1 Å². The Labute approximate surface area is 110 Å². The van der Waals surface area contributed by atoms with Crippen LogP contribution in [0, 0.1) is 3.01 Å². The molecule has 4 nitrogen and oxygen atoms in total. The Balaban J connectivity index is 1.88. The summed E-state index contributed by atoms with van der Waals surface area (Å²) in [6, 6.07) is 7.62. The number of ether oxygens (including phenoxy) is 2. The van der Waals surface area contributed by atoms with E-state index in [9.17, 15) is 0 Å². The van der Waals surface area contributed by atoms with E-state index < -0.39 is 0 Å². The van der Waals surface area contributed by atoms with Crippen LogP contribution < -0.4 is 9.47 Å². The zero-order valence-electron chi connectivity index (χ0n) is 8.09. The smallest absolute Gasteiger partial charge is 0.193 e. The van der Waals surface area contributed by atoms with Crippen LogP contribution in [0.4, 0.5) is 0 Å². The number of hydrogen-bond donors (Lipinski definition) is 0. The van der Waals surface area contributed by atoms with E-state index in [0.29, 0.717) is 12.4 Å². The summed E-state index contributed by atoms with van der Waals surface area (Å²) in [5.41, 5.74) is 0. The first-order valence-corrected chi connectivity index (χ1v) is 6.56. The lowest BCUT2D eigenvalue weighted by Crippen LogP contribution is -2.22. The second-order valence-electron chi connectivity index (χ2n) is 3.27. The summed E-state index contributed by atoms with van der Waals surface area (Å²) >= 11 is 3.51. The van der Waals surface area contributed by atoms with Crippen molar-refractivity contribution in [3.63, 3.8) is 0 Å². The van der Waals surface area contributed by atoms with Crippen LogP contribution in [0.25, 0.3) is 0 Å². The van der Waals surface area contributed by atoms with Gasteiger partial charge in [0.15, 0.2) is 26.4 Å². The zero-order chi connectivity index (χ0) is 11.0. The van der Waals surface area contributed by atoms with Crippen molar-refractivity contribution in [3.8, 4) is 11.5 Å². The molecule has 1 aromatic heterocycles. The van der Waals surface area contributed by atoms with Gasteiger partial charge in [-0.15, -0.1) is 0 Å². The van der Waals surface area contributed by atoms with Gasteiger partial charge < -0.3 is 9.47 Å². The van der Waals surface area contributed by atoms with Gasteiger partial charge in [0.05, 0.1) is 0 Å². The highest BCUT2D eigenvalue weighted by Gasteiger charge is 2.25. The fourth-order valence-corrected chi connectivity index (χ4v) is 2.50. The van der Waals surface area contributed by atoms with Crippen molar-refractivity contribution in [1.82, 2.24) is 9.36 Å². The highest BCUT2D eigenvalue weighted by molar-refractivity contribution is 14.1. The van der Waals surface area contributed by atoms with E-state index in [0.717, 1.165) is 14.5 Å². The molecule has 1 atom stereocenters. The van der Waals surface area contributed by atoms with Gasteiger partial charge in [0.1, 0.15) is 6.61 Å². The summed E-state index contributed by atoms with van der Waals surface area (Å²) in [5, 5.41) is 0. The van der Waals surface area contributed by atoms with Gasteiger partial charge in [-0.1, -0.05) is 12.1 Å². The molecular formula is C10H7IN2O2S. The maximum Gasteiger partial charge on any atom is 0.193 e. The lowest BCUT2D eigenvalue weighted by Gasteiger charge is -2.24. The molecule has 0 N–H and O–H groups in total. The Bertz CT molecular complexity index is 517. The van der Waals surface area contributed by atoms with E-state index in [1.54, 1.807) is 0 Å². The first-order valence-electron chi connectivity index (χ1n) is 4.70. The van der Waals surface area contributed by atoms with Crippen molar-refractivity contribution in [2.45, 2.75) is 6.10 Å². The van der Waals surface area contributed by atoms with E-state index in [2.05, 4.69) is 31.9 Å². The van der Waals surface area contributed by atoms with Crippen molar-refractivity contribution in [3.05, 3.63) is 33.1 Å². The van der Waals surface area contributed by atoms with Crippen molar-refractivity contribution >= 4 is 34.1 Å². The third-order valence-corrected chi connectivity index (χ3v) is 3.57. The number of fused-ring (bicyclic) bond motifs is 1. The van der Waals surface area contributed by atoms with Crippen LogP contribution in [0.15, 0.2) is 24.3 Å². The minimum Gasteiger partial charge on any atom is -0.485 e. The van der Waals surface area contributed by atoms with Crippen LogP contribution in [0.3, 0.4) is 0 Å². The Hall–Kier alpha value is -0.890. The molecule has 3 rings (SSSR count). The molecule has 1 aliphatic rings. The van der Waals surface area contributed by atoms with Gasteiger partial charge in [-0.05, 0) is 46.3 Å². The fourth-order valence-electron chi connectivity index (χ4n) is 1.49. The summed E-state index contributed by atoms with van der Waals surface area (Å²) in [4.78, 5) is 4.30. The average molecular weight is 346 g/mol. The lowest BCUT2D eigenvalue weighted by atomic mass is 10.2. The molecule has 2 aromatic rings. The largest absolute Gasteiger partial charge is 0.485 e. The van der Waals surface area contributed by atoms with Crippen LogP contribution in [0.5, 0.6) is 11.5 Å². The highest BCUT2D eigenvalue weighted by atomic mass is 127. The van der Waals surface area contributed by atoms with Gasteiger partial charge in [-0.2, -0.15) is 4.37 Å². The van der Waals surface area contributed by atoms with Crippen molar-refractivity contribution in [2.75, 3.05) is 6.61 Å². The predicted octanol–water partition coefficient (Wildman–Crippen LogP) is 2.66. The highest BCUT2D eigenvalue weighted by Crippen LogP contribution is 2.35. The Morgan fingerprint density at radius 2 is 2.12 bits per heavy atom. The van der Waals surface area contributed by atoms with E-state index >= 15 is 0 Å². The Morgan fingerprint density at radius 1 is 1.31 bits per heavy atom. The van der Waals surface area contributed by atoms with Crippen LogP contribution in [-0.2, 0) is 0 Å². The number of aromatic nitrogens is 2. The number of halogens is 1. The van der Waals surface area contributed by atoms with Crippen LogP contribution in [0.2, 0.25) is 0 Å². The van der Waals surface area contributed by atoms with Crippen LogP contribution in [-0.4, -0.2) is 16.0 Å². The molecule has 0 radical (unpaired) electrons. The van der Waals surface area contributed by atoms with Gasteiger partial charge in [0.25, 0.3) is 0 Å². The minimum absolute atomic E-state index is 0.199. The summed E-state index contributed by atoms with van der Waals surface area (Å²) in [6.07, 6.45) is -0.199. The lowest BCUT2D eigenvalue weighted by molar-refractivity contribution is 0.0858. The number of benzene rings is 1. The molecule has 0 bridgehead atoms. The van der Waals surface area contributed by atoms with Gasteiger partial charge in [-0.25, -0.2) is 4.98 Å². The third kappa shape index (κ3) is 1.86. The molecule has 6 heteroatoms. The number of hydrogen-bond acceptors (Lipinski definition) is 5. The first-order chi connectivity index (χ1) is 7.83. The van der Waals surface area contributed by atoms with Crippen molar-refractivity contribution in [1.29, 1.82) is 0 Å².